The number of methoxy groups -OCH3 is 2. The van der Waals surface area contributed by atoms with E-state index in [0.717, 1.165) is 35.4 Å². The number of rotatable bonds is 6. The Bertz CT molecular complexity index is 759. The number of amides is 2. The summed E-state index contributed by atoms with van der Waals surface area (Å²) in [6.45, 7) is 4.23. The highest BCUT2D eigenvalue weighted by molar-refractivity contribution is 9.10. The summed E-state index contributed by atoms with van der Waals surface area (Å²) < 4.78 is 16.9. The minimum atomic E-state index is -0.0608. The summed E-state index contributed by atoms with van der Waals surface area (Å²) in [6.07, 6.45) is 1.69. The molecule has 1 aromatic heterocycles. The molecule has 7 nitrogen and oxygen atoms in total. The van der Waals surface area contributed by atoms with Crippen LogP contribution in [0.2, 0.25) is 0 Å². The Kier molecular flexibility index (Phi) is 6.63. The first-order valence-corrected chi connectivity index (χ1v) is 9.58. The molecule has 0 radical (unpaired) electrons. The van der Waals surface area contributed by atoms with E-state index in [1.807, 2.05) is 29.2 Å². The lowest BCUT2D eigenvalue weighted by Gasteiger charge is -2.34. The number of ether oxygens (including phenoxy) is 2. The van der Waals surface area contributed by atoms with Crippen molar-refractivity contribution in [3.05, 3.63) is 46.3 Å². The molecule has 27 heavy (non-hydrogen) atoms. The van der Waals surface area contributed by atoms with Crippen LogP contribution in [0, 0.1) is 0 Å². The quantitative estimate of drug-likeness (QED) is 0.751. The molecule has 1 fully saturated rings. The van der Waals surface area contributed by atoms with Gasteiger partial charge in [-0.15, -0.1) is 0 Å². The van der Waals surface area contributed by atoms with Crippen LogP contribution in [0.5, 0.6) is 11.5 Å². The summed E-state index contributed by atoms with van der Waals surface area (Å²) in [5.74, 6) is 2.23. The predicted molar refractivity (Wildman–Crippen MR) is 105 cm³/mol. The molecule has 1 aliphatic heterocycles. The predicted octanol–water partition coefficient (Wildman–Crippen LogP) is 3.09. The van der Waals surface area contributed by atoms with Crippen LogP contribution in [0.3, 0.4) is 0 Å². The van der Waals surface area contributed by atoms with Crippen molar-refractivity contribution in [3.8, 4) is 11.5 Å². The van der Waals surface area contributed by atoms with Gasteiger partial charge in [0, 0.05) is 37.2 Å². The van der Waals surface area contributed by atoms with Gasteiger partial charge in [0.25, 0.3) is 0 Å². The van der Waals surface area contributed by atoms with E-state index in [2.05, 4.69) is 26.1 Å². The van der Waals surface area contributed by atoms with Gasteiger partial charge < -0.3 is 24.1 Å². The van der Waals surface area contributed by atoms with Gasteiger partial charge in [0.1, 0.15) is 5.76 Å². The minimum absolute atomic E-state index is 0.0608. The van der Waals surface area contributed by atoms with Crippen molar-refractivity contribution in [1.29, 1.82) is 0 Å². The van der Waals surface area contributed by atoms with E-state index in [1.54, 1.807) is 20.5 Å². The number of carbonyl (C=O) groups is 1. The lowest BCUT2D eigenvalue weighted by Crippen LogP contribution is -2.51. The summed E-state index contributed by atoms with van der Waals surface area (Å²) in [6, 6.07) is 7.51. The number of hydrogen-bond donors (Lipinski definition) is 1. The first-order chi connectivity index (χ1) is 13.1. The molecule has 0 unspecified atom stereocenters. The fraction of sp³-hybridized carbons (Fsp3) is 0.421. The zero-order valence-electron chi connectivity index (χ0n) is 15.5. The van der Waals surface area contributed by atoms with Crippen LogP contribution >= 0.6 is 15.9 Å². The van der Waals surface area contributed by atoms with E-state index < -0.39 is 0 Å². The summed E-state index contributed by atoms with van der Waals surface area (Å²) in [5, 5.41) is 2.98. The lowest BCUT2D eigenvalue weighted by atomic mass is 10.2. The number of urea groups is 1. The van der Waals surface area contributed by atoms with Crippen LogP contribution in [-0.4, -0.2) is 56.2 Å². The molecule has 0 aliphatic carbocycles. The molecular weight excluding hydrogens is 414 g/mol. The van der Waals surface area contributed by atoms with Gasteiger partial charge in [-0.2, -0.15) is 0 Å². The normalized spacial score (nSPS) is 14.9. The van der Waals surface area contributed by atoms with Gasteiger partial charge in [0.2, 0.25) is 0 Å². The van der Waals surface area contributed by atoms with E-state index in [1.165, 1.54) is 0 Å². The molecule has 0 spiro atoms. The molecule has 2 heterocycles. The Morgan fingerprint density at radius 2 is 1.89 bits per heavy atom. The Morgan fingerprint density at radius 1 is 1.19 bits per heavy atom. The number of furan rings is 1. The van der Waals surface area contributed by atoms with Crippen molar-refractivity contribution in [2.24, 2.45) is 0 Å². The van der Waals surface area contributed by atoms with Crippen molar-refractivity contribution < 1.29 is 18.7 Å². The number of benzene rings is 1. The molecule has 1 aliphatic rings. The molecule has 2 amide bonds. The van der Waals surface area contributed by atoms with Crippen LogP contribution in [0.25, 0.3) is 0 Å². The van der Waals surface area contributed by atoms with Crippen molar-refractivity contribution in [2.45, 2.75) is 13.1 Å². The highest BCUT2D eigenvalue weighted by atomic mass is 79.9. The highest BCUT2D eigenvalue weighted by Crippen LogP contribution is 2.33. The summed E-state index contributed by atoms with van der Waals surface area (Å²) in [7, 11) is 3.19. The van der Waals surface area contributed by atoms with Crippen molar-refractivity contribution in [3.63, 3.8) is 0 Å². The topological polar surface area (TPSA) is 67.2 Å². The van der Waals surface area contributed by atoms with Crippen molar-refractivity contribution >= 4 is 22.0 Å². The molecule has 0 bridgehead atoms. The highest BCUT2D eigenvalue weighted by Gasteiger charge is 2.21. The van der Waals surface area contributed by atoms with Gasteiger partial charge in [0.05, 0.1) is 27.0 Å². The Hall–Kier alpha value is -2.19. The first-order valence-electron chi connectivity index (χ1n) is 8.78. The van der Waals surface area contributed by atoms with Gasteiger partial charge in [-0.25, -0.2) is 4.79 Å². The van der Waals surface area contributed by atoms with Gasteiger partial charge in [-0.1, -0.05) is 15.9 Å². The maximum atomic E-state index is 12.5. The first kappa shape index (κ1) is 19.6. The Balaban J connectivity index is 1.50. The summed E-state index contributed by atoms with van der Waals surface area (Å²) >= 11 is 3.52. The number of hydrogen-bond acceptors (Lipinski definition) is 5. The molecule has 0 atom stereocenters. The Morgan fingerprint density at radius 3 is 2.52 bits per heavy atom. The average Bonchev–Trinajstić information content (AvgIpc) is 3.20. The van der Waals surface area contributed by atoms with Crippen molar-refractivity contribution in [1.82, 2.24) is 15.1 Å². The van der Waals surface area contributed by atoms with Crippen LogP contribution in [0.1, 0.15) is 11.3 Å². The number of nitrogens with one attached hydrogen (secondary N) is 1. The number of halogens is 1. The average molecular weight is 438 g/mol. The third-order valence-corrected chi connectivity index (χ3v) is 5.34. The zero-order chi connectivity index (χ0) is 19.2. The largest absolute Gasteiger partial charge is 0.493 e. The van der Waals surface area contributed by atoms with Crippen LogP contribution in [0.4, 0.5) is 4.79 Å². The van der Waals surface area contributed by atoms with E-state index in [-0.39, 0.29) is 6.03 Å². The Labute approximate surface area is 167 Å². The van der Waals surface area contributed by atoms with Crippen LogP contribution < -0.4 is 14.8 Å². The molecule has 8 heteroatoms. The monoisotopic (exact) mass is 437 g/mol. The van der Waals surface area contributed by atoms with Gasteiger partial charge in [-0.3, -0.25) is 4.90 Å². The fourth-order valence-electron chi connectivity index (χ4n) is 3.05. The molecule has 1 aromatic carbocycles. The number of piperazine rings is 1. The van der Waals surface area contributed by atoms with E-state index in [9.17, 15) is 4.79 Å². The second kappa shape index (κ2) is 9.14. The molecule has 1 saturated heterocycles. The third-order valence-electron chi connectivity index (χ3n) is 4.60. The maximum absolute atomic E-state index is 12.5. The van der Waals surface area contributed by atoms with Crippen LogP contribution in [0.15, 0.2) is 39.4 Å². The van der Waals surface area contributed by atoms with E-state index >= 15 is 0 Å². The van der Waals surface area contributed by atoms with Gasteiger partial charge >= 0.3 is 6.03 Å². The molecule has 146 valence electrons. The fourth-order valence-corrected chi connectivity index (χ4v) is 3.51. The summed E-state index contributed by atoms with van der Waals surface area (Å²) in [4.78, 5) is 16.6. The minimum Gasteiger partial charge on any atom is -0.493 e. The van der Waals surface area contributed by atoms with Crippen LogP contribution in [-0.2, 0) is 13.1 Å². The van der Waals surface area contributed by atoms with Gasteiger partial charge in [-0.05, 0) is 29.8 Å². The zero-order valence-corrected chi connectivity index (χ0v) is 17.1. The summed E-state index contributed by atoms with van der Waals surface area (Å²) in [5.41, 5.74) is 0.928. The van der Waals surface area contributed by atoms with E-state index in [4.69, 9.17) is 13.9 Å². The second-order valence-corrected chi connectivity index (χ2v) is 7.15. The smallest absolute Gasteiger partial charge is 0.317 e. The SMILES string of the molecule is COc1cc(Br)c(CNC(=O)N2CCN(Cc3ccco3)CC2)cc1OC. The molecule has 1 N–H and O–H groups in total. The van der Waals surface area contributed by atoms with E-state index in [0.29, 0.717) is 31.1 Å². The molecular formula is C19H24BrN3O4. The molecule has 3 rings (SSSR count). The maximum Gasteiger partial charge on any atom is 0.317 e. The third kappa shape index (κ3) is 4.95. The van der Waals surface area contributed by atoms with Crippen molar-refractivity contribution in [2.75, 3.05) is 40.4 Å². The number of nitrogens with zero attached hydrogens (tertiary/aromatic N) is 2. The lowest BCUT2D eigenvalue weighted by molar-refractivity contribution is 0.130. The molecule has 2 aromatic rings. The second-order valence-electron chi connectivity index (χ2n) is 6.30. The standard InChI is InChI=1S/C19H24BrN3O4/c1-25-17-10-14(16(20)11-18(17)26-2)12-21-19(24)23-7-5-22(6-8-23)13-15-4-3-9-27-15/h3-4,9-11H,5-8,12-13H2,1-2H3,(H,21,24). The number of carbonyl (C=O) groups excluding carboxylic acids is 1. The van der Waals surface area contributed by atoms with Gasteiger partial charge in [0.15, 0.2) is 11.5 Å². The molecule has 0 saturated carbocycles.